The molecule has 0 bridgehead atoms. The van der Waals surface area contributed by atoms with Gasteiger partial charge in [-0.25, -0.2) is 4.99 Å². The van der Waals surface area contributed by atoms with Gasteiger partial charge in [0, 0.05) is 41.6 Å². The molecule has 1 fully saturated rings. The van der Waals surface area contributed by atoms with Crippen LogP contribution in [0.2, 0.25) is 5.02 Å². The second-order valence-electron chi connectivity index (χ2n) is 7.50. The zero-order chi connectivity index (χ0) is 18.6. The Hall–Kier alpha value is -1.76. The molecule has 1 aromatic heterocycles. The molecular formula is C20H20ClN3O2S. The Morgan fingerprint density at radius 2 is 2.11 bits per heavy atom. The highest BCUT2D eigenvalue weighted by Gasteiger charge is 2.54. The number of hydrogen-bond acceptors (Lipinski definition) is 6. The third-order valence-corrected chi connectivity index (χ3v) is 7.07. The highest BCUT2D eigenvalue weighted by Crippen LogP contribution is 2.54. The van der Waals surface area contributed by atoms with Gasteiger partial charge in [0.1, 0.15) is 17.4 Å². The molecule has 1 saturated carbocycles. The van der Waals surface area contributed by atoms with E-state index in [1.807, 2.05) is 24.4 Å². The van der Waals surface area contributed by atoms with E-state index in [-0.39, 0.29) is 18.1 Å². The van der Waals surface area contributed by atoms with Gasteiger partial charge in [0.15, 0.2) is 5.17 Å². The number of hydrogen-bond donors (Lipinski definition) is 2. The summed E-state index contributed by atoms with van der Waals surface area (Å²) in [7, 11) is 0. The van der Waals surface area contributed by atoms with Crippen LogP contribution in [0.3, 0.4) is 0 Å². The molecule has 1 spiro atoms. The molecule has 0 saturated heterocycles. The molecule has 3 heterocycles. The topological polar surface area (TPSA) is 80.7 Å². The molecule has 27 heavy (non-hydrogen) atoms. The predicted octanol–water partition coefficient (Wildman–Crippen LogP) is 3.58. The van der Waals surface area contributed by atoms with Gasteiger partial charge in [-0.15, -0.1) is 0 Å². The van der Waals surface area contributed by atoms with E-state index in [0.29, 0.717) is 16.6 Å². The minimum absolute atomic E-state index is 0.0322. The van der Waals surface area contributed by atoms with Gasteiger partial charge >= 0.3 is 0 Å². The van der Waals surface area contributed by atoms with E-state index in [2.05, 4.69) is 11.1 Å². The fraction of sp³-hybridized carbons (Fsp3) is 0.400. The van der Waals surface area contributed by atoms with Crippen molar-refractivity contribution in [2.75, 3.05) is 5.75 Å². The van der Waals surface area contributed by atoms with Gasteiger partial charge in [0.05, 0.1) is 11.1 Å². The first-order chi connectivity index (χ1) is 13.0. The molecule has 3 unspecified atom stereocenters. The van der Waals surface area contributed by atoms with Crippen molar-refractivity contribution in [1.82, 2.24) is 4.98 Å². The minimum atomic E-state index is -0.394. The summed E-state index contributed by atoms with van der Waals surface area (Å²) in [6.45, 7) is 0. The Kier molecular flexibility index (Phi) is 4.11. The quantitative estimate of drug-likeness (QED) is 0.763. The number of aliphatic imine (C=N–C) groups is 1. The normalized spacial score (nSPS) is 31.8. The lowest BCUT2D eigenvalue weighted by atomic mass is 9.68. The maximum atomic E-state index is 10.1. The molecule has 0 amide bonds. The van der Waals surface area contributed by atoms with Crippen molar-refractivity contribution in [2.45, 2.75) is 37.0 Å². The van der Waals surface area contributed by atoms with Crippen LogP contribution in [0.5, 0.6) is 5.75 Å². The lowest BCUT2D eigenvalue weighted by Gasteiger charge is -2.48. The Morgan fingerprint density at radius 3 is 2.89 bits per heavy atom. The van der Waals surface area contributed by atoms with Crippen LogP contribution in [0.1, 0.15) is 24.8 Å². The first-order valence-electron chi connectivity index (χ1n) is 9.13. The lowest BCUT2D eigenvalue weighted by molar-refractivity contribution is -0.0246. The number of pyridine rings is 1. The monoisotopic (exact) mass is 401 g/mol. The van der Waals surface area contributed by atoms with Gasteiger partial charge in [-0.05, 0) is 36.6 Å². The summed E-state index contributed by atoms with van der Waals surface area (Å²) in [5, 5.41) is 11.4. The molecule has 2 aromatic rings. The predicted molar refractivity (Wildman–Crippen MR) is 108 cm³/mol. The van der Waals surface area contributed by atoms with Crippen molar-refractivity contribution in [3.8, 4) is 16.9 Å². The maximum Gasteiger partial charge on any atom is 0.154 e. The Labute approximate surface area is 167 Å². The fourth-order valence-electron chi connectivity index (χ4n) is 4.64. The molecule has 3 aliphatic rings. The van der Waals surface area contributed by atoms with Crippen molar-refractivity contribution in [1.29, 1.82) is 0 Å². The highest BCUT2D eigenvalue weighted by molar-refractivity contribution is 8.14. The molecule has 3 N–H and O–H groups in total. The van der Waals surface area contributed by atoms with Crippen LogP contribution < -0.4 is 10.5 Å². The molecule has 1 aromatic carbocycles. The summed E-state index contributed by atoms with van der Waals surface area (Å²) in [6, 6.07) is 8.08. The van der Waals surface area contributed by atoms with Crippen molar-refractivity contribution in [3.05, 3.63) is 47.2 Å². The summed E-state index contributed by atoms with van der Waals surface area (Å²) in [5.74, 6) is 1.86. The van der Waals surface area contributed by atoms with Gasteiger partial charge < -0.3 is 15.6 Å². The standard InChI is InChI=1S/C20H20ClN3O2S/c21-13-5-12(8-23-9-13)11-1-4-17-16(6-11)20(10-27-19(22)24-20)15-3-2-14(25)7-18(15)26-17/h1,4-6,8-9,14-15,18,25H,2-3,7,10H2,(H2,22,24)/t14?,15?,18-,20?/m0/s1. The summed E-state index contributed by atoms with van der Waals surface area (Å²) >= 11 is 7.73. The van der Waals surface area contributed by atoms with E-state index in [1.54, 1.807) is 18.0 Å². The van der Waals surface area contributed by atoms with Crippen LogP contribution in [0.15, 0.2) is 41.7 Å². The van der Waals surface area contributed by atoms with Gasteiger partial charge in [-0.2, -0.15) is 0 Å². The molecule has 2 aliphatic heterocycles. The number of aliphatic hydroxyl groups excluding tert-OH is 1. The number of nitrogens with zero attached hydrogens (tertiary/aromatic N) is 2. The van der Waals surface area contributed by atoms with Crippen LogP contribution in [-0.2, 0) is 5.54 Å². The number of amidine groups is 1. The number of ether oxygens (including phenoxy) is 1. The molecular weight excluding hydrogens is 382 g/mol. The summed E-state index contributed by atoms with van der Waals surface area (Å²) in [4.78, 5) is 9.14. The zero-order valence-corrected chi connectivity index (χ0v) is 16.2. The number of benzene rings is 1. The average molecular weight is 402 g/mol. The number of rotatable bonds is 1. The van der Waals surface area contributed by atoms with E-state index in [0.717, 1.165) is 41.0 Å². The Bertz CT molecular complexity index is 937. The molecule has 4 atom stereocenters. The first-order valence-corrected chi connectivity index (χ1v) is 10.5. The third-order valence-electron chi connectivity index (χ3n) is 5.89. The fourth-order valence-corrected chi connectivity index (χ4v) is 5.84. The second kappa shape index (κ2) is 6.40. The minimum Gasteiger partial charge on any atom is -0.490 e. The number of halogens is 1. The molecule has 1 aliphatic carbocycles. The molecule has 7 heteroatoms. The number of aromatic nitrogens is 1. The van der Waals surface area contributed by atoms with E-state index in [1.165, 1.54) is 0 Å². The number of nitrogens with two attached hydrogens (primary N) is 1. The second-order valence-corrected chi connectivity index (χ2v) is 8.93. The molecule has 5 nitrogen and oxygen atoms in total. The van der Waals surface area contributed by atoms with E-state index in [9.17, 15) is 5.11 Å². The number of thioether (sulfide) groups is 1. The number of fused-ring (bicyclic) bond motifs is 4. The van der Waals surface area contributed by atoms with Crippen molar-refractivity contribution in [3.63, 3.8) is 0 Å². The van der Waals surface area contributed by atoms with Crippen molar-refractivity contribution >= 4 is 28.5 Å². The largest absolute Gasteiger partial charge is 0.490 e. The van der Waals surface area contributed by atoms with Gasteiger partial charge in [-0.3, -0.25) is 4.98 Å². The van der Waals surface area contributed by atoms with Crippen molar-refractivity contribution in [2.24, 2.45) is 16.6 Å². The smallest absolute Gasteiger partial charge is 0.154 e. The third kappa shape index (κ3) is 2.82. The van der Waals surface area contributed by atoms with Crippen LogP contribution in [0, 0.1) is 5.92 Å². The van der Waals surface area contributed by atoms with Gasteiger partial charge in [0.25, 0.3) is 0 Å². The van der Waals surface area contributed by atoms with Crippen LogP contribution >= 0.6 is 23.4 Å². The van der Waals surface area contributed by atoms with E-state index < -0.39 is 5.54 Å². The zero-order valence-electron chi connectivity index (χ0n) is 14.6. The van der Waals surface area contributed by atoms with E-state index >= 15 is 0 Å². The van der Waals surface area contributed by atoms with Crippen LogP contribution in [-0.4, -0.2) is 33.2 Å². The van der Waals surface area contributed by atoms with Gasteiger partial charge in [-0.1, -0.05) is 29.4 Å². The van der Waals surface area contributed by atoms with Gasteiger partial charge in [0.2, 0.25) is 0 Å². The first kappa shape index (κ1) is 17.3. The Balaban J connectivity index is 1.65. The average Bonchev–Trinajstić information content (AvgIpc) is 3.04. The van der Waals surface area contributed by atoms with Crippen LogP contribution in [0.4, 0.5) is 0 Å². The highest BCUT2D eigenvalue weighted by atomic mass is 35.5. The lowest BCUT2D eigenvalue weighted by Crippen LogP contribution is -2.51. The summed E-state index contributed by atoms with van der Waals surface area (Å²) in [6.07, 6.45) is 5.40. The number of aliphatic hydroxyl groups is 1. The van der Waals surface area contributed by atoms with Crippen molar-refractivity contribution < 1.29 is 9.84 Å². The summed E-state index contributed by atoms with van der Waals surface area (Å²) < 4.78 is 6.32. The Morgan fingerprint density at radius 1 is 1.22 bits per heavy atom. The van der Waals surface area contributed by atoms with E-state index in [4.69, 9.17) is 27.1 Å². The maximum absolute atomic E-state index is 10.1. The molecule has 5 rings (SSSR count). The molecule has 140 valence electrons. The molecule has 0 radical (unpaired) electrons. The van der Waals surface area contributed by atoms with Crippen LogP contribution in [0.25, 0.3) is 11.1 Å². The SMILES string of the molecule is NC1=NC2(CS1)c1cc(-c3cncc(Cl)c3)ccc1O[C@H]1CC(O)CCC12. The summed E-state index contributed by atoms with van der Waals surface area (Å²) in [5.41, 5.74) is 8.79.